The molecule has 0 atom stereocenters. The molecule has 0 amide bonds. The molecule has 0 fully saturated rings. The number of sulfonamides is 1. The first-order chi connectivity index (χ1) is 10.4. The highest BCUT2D eigenvalue weighted by atomic mass is 79.9. The summed E-state index contributed by atoms with van der Waals surface area (Å²) >= 11 is 4.57. The Labute approximate surface area is 156 Å². The van der Waals surface area contributed by atoms with Crippen LogP contribution in [-0.4, -0.2) is 44.8 Å². The molecule has 1 heterocycles. The van der Waals surface area contributed by atoms with Gasteiger partial charge in [0.15, 0.2) is 0 Å². The quantitative estimate of drug-likeness (QED) is 0.661. The van der Waals surface area contributed by atoms with Crippen LogP contribution in [0.25, 0.3) is 0 Å². The number of benzene rings is 1. The molecule has 0 spiro atoms. The highest BCUT2D eigenvalue weighted by molar-refractivity contribution is 9.11. The maximum Gasteiger partial charge on any atom is 0.252 e. The SMILES string of the molecule is CN(C)CCN(Cc1ccccc1)S(=O)(=O)c1ccc(Br)s1.Cl. The van der Waals surface area contributed by atoms with Gasteiger partial charge in [0.05, 0.1) is 3.79 Å². The lowest BCUT2D eigenvalue weighted by Crippen LogP contribution is -2.35. The fourth-order valence-corrected chi connectivity index (χ4v) is 5.53. The second-order valence-electron chi connectivity index (χ2n) is 5.19. The van der Waals surface area contributed by atoms with Crippen LogP contribution in [0.2, 0.25) is 0 Å². The molecule has 0 radical (unpaired) electrons. The van der Waals surface area contributed by atoms with Crippen molar-refractivity contribution in [2.75, 3.05) is 27.2 Å². The van der Waals surface area contributed by atoms with Crippen molar-refractivity contribution in [2.45, 2.75) is 10.8 Å². The lowest BCUT2D eigenvalue weighted by Gasteiger charge is -2.23. The highest BCUT2D eigenvalue weighted by Gasteiger charge is 2.26. The topological polar surface area (TPSA) is 40.6 Å². The van der Waals surface area contributed by atoms with Crippen LogP contribution in [0.3, 0.4) is 0 Å². The Morgan fingerprint density at radius 1 is 1.04 bits per heavy atom. The van der Waals surface area contributed by atoms with Crippen molar-refractivity contribution >= 4 is 49.7 Å². The van der Waals surface area contributed by atoms with E-state index in [-0.39, 0.29) is 12.4 Å². The number of likely N-dealkylation sites (N-methyl/N-ethyl adjacent to an activating group) is 1. The number of rotatable bonds is 7. The van der Waals surface area contributed by atoms with Crippen LogP contribution >= 0.6 is 39.7 Å². The summed E-state index contributed by atoms with van der Waals surface area (Å²) in [6.45, 7) is 1.52. The van der Waals surface area contributed by atoms with Crippen molar-refractivity contribution < 1.29 is 8.42 Å². The molecule has 0 bridgehead atoms. The molecule has 0 aliphatic carbocycles. The minimum atomic E-state index is -3.48. The molecule has 1 aromatic carbocycles. The predicted molar refractivity (Wildman–Crippen MR) is 102 cm³/mol. The van der Waals surface area contributed by atoms with E-state index in [1.54, 1.807) is 16.4 Å². The van der Waals surface area contributed by atoms with E-state index in [9.17, 15) is 8.42 Å². The van der Waals surface area contributed by atoms with E-state index in [1.165, 1.54) is 11.3 Å². The second kappa shape index (κ2) is 9.15. The molecule has 0 aliphatic rings. The van der Waals surface area contributed by atoms with Gasteiger partial charge in [-0.15, -0.1) is 23.7 Å². The van der Waals surface area contributed by atoms with E-state index < -0.39 is 10.0 Å². The zero-order chi connectivity index (χ0) is 16.2. The van der Waals surface area contributed by atoms with Crippen molar-refractivity contribution in [3.05, 3.63) is 51.8 Å². The van der Waals surface area contributed by atoms with Crippen molar-refractivity contribution in [2.24, 2.45) is 0 Å². The summed E-state index contributed by atoms with van der Waals surface area (Å²) in [7, 11) is 0.400. The van der Waals surface area contributed by atoms with Gasteiger partial charge in [0, 0.05) is 19.6 Å². The van der Waals surface area contributed by atoms with Crippen LogP contribution in [0, 0.1) is 0 Å². The van der Waals surface area contributed by atoms with Gasteiger partial charge in [-0.2, -0.15) is 4.31 Å². The van der Waals surface area contributed by atoms with E-state index in [2.05, 4.69) is 15.9 Å². The Balaban J connectivity index is 0.00000264. The lowest BCUT2D eigenvalue weighted by molar-refractivity contribution is 0.330. The number of thiophene rings is 1. The van der Waals surface area contributed by atoms with Gasteiger partial charge in [0.2, 0.25) is 0 Å². The molecule has 2 aromatic rings. The van der Waals surface area contributed by atoms with Gasteiger partial charge in [0.1, 0.15) is 4.21 Å². The first-order valence-electron chi connectivity index (χ1n) is 6.84. The van der Waals surface area contributed by atoms with Gasteiger partial charge >= 0.3 is 0 Å². The zero-order valence-corrected chi connectivity index (χ0v) is 17.0. The Bertz CT molecular complexity index is 705. The molecule has 0 aliphatic heterocycles. The van der Waals surface area contributed by atoms with E-state index >= 15 is 0 Å². The predicted octanol–water partition coefficient (Wildman–Crippen LogP) is 3.68. The normalized spacial score (nSPS) is 11.7. The smallest absolute Gasteiger partial charge is 0.252 e. The zero-order valence-electron chi connectivity index (χ0n) is 13.0. The third-order valence-electron chi connectivity index (χ3n) is 3.14. The molecule has 0 N–H and O–H groups in total. The highest BCUT2D eigenvalue weighted by Crippen LogP contribution is 2.29. The fraction of sp³-hybridized carbons (Fsp3) is 0.333. The first kappa shape index (κ1) is 20.6. The molecule has 4 nitrogen and oxygen atoms in total. The Morgan fingerprint density at radius 3 is 2.22 bits per heavy atom. The number of nitrogens with zero attached hydrogens (tertiary/aromatic N) is 2. The number of halogens is 2. The average molecular weight is 440 g/mol. The Morgan fingerprint density at radius 2 is 1.70 bits per heavy atom. The molecule has 0 saturated heterocycles. The summed E-state index contributed by atoms with van der Waals surface area (Å²) in [5.41, 5.74) is 0.987. The summed E-state index contributed by atoms with van der Waals surface area (Å²) in [4.78, 5) is 1.98. The minimum absolute atomic E-state index is 0. The molecule has 0 unspecified atom stereocenters. The number of hydrogen-bond acceptors (Lipinski definition) is 4. The molecule has 128 valence electrons. The van der Waals surface area contributed by atoms with Crippen LogP contribution < -0.4 is 0 Å². The first-order valence-corrected chi connectivity index (χ1v) is 9.88. The van der Waals surface area contributed by atoms with Crippen molar-refractivity contribution in [3.8, 4) is 0 Å². The third-order valence-corrected chi connectivity index (χ3v) is 7.08. The van der Waals surface area contributed by atoms with Crippen LogP contribution in [0.4, 0.5) is 0 Å². The third kappa shape index (κ3) is 5.85. The van der Waals surface area contributed by atoms with E-state index in [0.717, 1.165) is 9.35 Å². The molecule has 23 heavy (non-hydrogen) atoms. The molecular weight excluding hydrogens is 420 g/mol. The van der Waals surface area contributed by atoms with Gasteiger partial charge in [-0.25, -0.2) is 8.42 Å². The molecule has 0 saturated carbocycles. The van der Waals surface area contributed by atoms with Crippen molar-refractivity contribution in [1.82, 2.24) is 9.21 Å². The Hall–Kier alpha value is -0.440. The van der Waals surface area contributed by atoms with Crippen LogP contribution in [-0.2, 0) is 16.6 Å². The van der Waals surface area contributed by atoms with Crippen LogP contribution in [0.15, 0.2) is 50.5 Å². The van der Waals surface area contributed by atoms with Crippen LogP contribution in [0.5, 0.6) is 0 Å². The largest absolute Gasteiger partial charge is 0.308 e. The summed E-state index contributed by atoms with van der Waals surface area (Å²) in [5, 5.41) is 0. The summed E-state index contributed by atoms with van der Waals surface area (Å²) < 4.78 is 28.4. The maximum atomic E-state index is 12.9. The molecule has 1 aromatic heterocycles. The van der Waals surface area contributed by atoms with Gasteiger partial charge in [-0.1, -0.05) is 30.3 Å². The van der Waals surface area contributed by atoms with Gasteiger partial charge in [-0.3, -0.25) is 0 Å². The van der Waals surface area contributed by atoms with Crippen LogP contribution in [0.1, 0.15) is 5.56 Å². The lowest BCUT2D eigenvalue weighted by atomic mass is 10.2. The van der Waals surface area contributed by atoms with Crippen molar-refractivity contribution in [1.29, 1.82) is 0 Å². The molecule has 8 heteroatoms. The Kier molecular flexibility index (Phi) is 8.20. The van der Waals surface area contributed by atoms with Crippen molar-refractivity contribution in [3.63, 3.8) is 0 Å². The summed E-state index contributed by atoms with van der Waals surface area (Å²) in [5.74, 6) is 0. The van der Waals surface area contributed by atoms with Gasteiger partial charge < -0.3 is 4.90 Å². The summed E-state index contributed by atoms with van der Waals surface area (Å²) in [6, 6.07) is 13.1. The van der Waals surface area contributed by atoms with Gasteiger partial charge in [-0.05, 0) is 47.7 Å². The van der Waals surface area contributed by atoms with E-state index in [0.29, 0.717) is 23.8 Å². The fourth-order valence-electron chi connectivity index (χ4n) is 1.95. The minimum Gasteiger partial charge on any atom is -0.308 e. The number of hydrogen-bond donors (Lipinski definition) is 0. The second-order valence-corrected chi connectivity index (χ2v) is 9.81. The standard InChI is InChI=1S/C15H19BrN2O2S2.ClH/c1-17(2)10-11-18(12-13-6-4-3-5-7-13)22(19,20)15-9-8-14(16)21-15;/h3-9H,10-12H2,1-2H3;1H. The molecule has 2 rings (SSSR count). The van der Waals surface area contributed by atoms with E-state index in [4.69, 9.17) is 0 Å². The van der Waals surface area contributed by atoms with Gasteiger partial charge in [0.25, 0.3) is 10.0 Å². The maximum absolute atomic E-state index is 12.9. The summed E-state index contributed by atoms with van der Waals surface area (Å²) in [6.07, 6.45) is 0. The van der Waals surface area contributed by atoms with E-state index in [1.807, 2.05) is 49.3 Å². The average Bonchev–Trinajstić information content (AvgIpc) is 2.91. The molecular formula is C15H20BrClN2O2S2. The monoisotopic (exact) mass is 438 g/mol.